The quantitative estimate of drug-likeness (QED) is 0.514. The lowest BCUT2D eigenvalue weighted by Gasteiger charge is -2.35. The number of hydrogen-bond acceptors (Lipinski definition) is 5. The Kier molecular flexibility index (Phi) is 7.51. The van der Waals surface area contributed by atoms with Gasteiger partial charge in [0.25, 0.3) is 11.8 Å². The van der Waals surface area contributed by atoms with E-state index in [0.717, 1.165) is 10.5 Å². The van der Waals surface area contributed by atoms with Crippen molar-refractivity contribution in [3.63, 3.8) is 0 Å². The molecule has 2 aliphatic rings. The number of Topliss-reactive ketones (excluding diaryl/α,β-unsaturated/α-hetero) is 1. The second kappa shape index (κ2) is 10.4. The third kappa shape index (κ3) is 5.12. The Morgan fingerprint density at radius 3 is 2.28 bits per heavy atom. The Hall–Kier alpha value is -3.82. The van der Waals surface area contributed by atoms with E-state index in [9.17, 15) is 14.4 Å². The van der Waals surface area contributed by atoms with Gasteiger partial charge in [-0.3, -0.25) is 14.4 Å². The van der Waals surface area contributed by atoms with E-state index in [-0.39, 0.29) is 42.1 Å². The highest BCUT2D eigenvalue weighted by Gasteiger charge is 2.71. The largest absolute Gasteiger partial charge is 0.493 e. The molecule has 208 valence electrons. The van der Waals surface area contributed by atoms with Crippen molar-refractivity contribution in [1.82, 2.24) is 10.2 Å². The number of allylic oxidation sites excluding steroid dienone is 1. The van der Waals surface area contributed by atoms with E-state index in [4.69, 9.17) is 9.47 Å². The van der Waals surface area contributed by atoms with Gasteiger partial charge in [-0.15, -0.1) is 0 Å². The summed E-state index contributed by atoms with van der Waals surface area (Å²) in [4.78, 5) is 41.4. The number of aryl methyl sites for hydroxylation is 1. The van der Waals surface area contributed by atoms with Gasteiger partial charge >= 0.3 is 6.18 Å². The maximum Gasteiger partial charge on any atom is 0.425 e. The Bertz CT molecular complexity index is 1320. The van der Waals surface area contributed by atoms with Gasteiger partial charge in [0.1, 0.15) is 0 Å². The molecule has 0 saturated heterocycles. The van der Waals surface area contributed by atoms with Gasteiger partial charge in [-0.2, -0.15) is 13.2 Å². The van der Waals surface area contributed by atoms with Crippen LogP contribution in [-0.2, 0) is 16.0 Å². The van der Waals surface area contributed by atoms with E-state index < -0.39 is 40.3 Å². The fourth-order valence-corrected chi connectivity index (χ4v) is 5.37. The Balaban J connectivity index is 1.75. The van der Waals surface area contributed by atoms with Crippen LogP contribution in [-0.4, -0.2) is 55.0 Å². The SMILES string of the molecule is COc1ccc(C(=O)N[C@@]2(C(F)(F)F)C(=O)N(CCCc3ccccc3)C3=C2C(=O)CC(C)(C)C3)cc1OC. The summed E-state index contributed by atoms with van der Waals surface area (Å²) in [6.45, 7) is 3.52. The van der Waals surface area contributed by atoms with Gasteiger partial charge in [0, 0.05) is 24.2 Å². The Labute approximate surface area is 225 Å². The van der Waals surface area contributed by atoms with E-state index in [1.54, 1.807) is 13.8 Å². The molecule has 4 rings (SSSR count). The zero-order valence-electron chi connectivity index (χ0n) is 22.3. The molecule has 1 atom stereocenters. The first-order valence-corrected chi connectivity index (χ1v) is 12.6. The van der Waals surface area contributed by atoms with Crippen LogP contribution in [0.4, 0.5) is 13.2 Å². The number of methoxy groups -OCH3 is 2. The third-order valence-corrected chi connectivity index (χ3v) is 7.18. The smallest absolute Gasteiger partial charge is 0.425 e. The summed E-state index contributed by atoms with van der Waals surface area (Å²) >= 11 is 0. The van der Waals surface area contributed by atoms with Crippen LogP contribution in [0.5, 0.6) is 11.5 Å². The van der Waals surface area contributed by atoms with Crippen LogP contribution in [0.25, 0.3) is 0 Å². The van der Waals surface area contributed by atoms with Crippen molar-refractivity contribution in [2.45, 2.75) is 51.2 Å². The van der Waals surface area contributed by atoms with Crippen molar-refractivity contribution in [2.75, 3.05) is 20.8 Å². The molecular formula is C29H31F3N2O5. The molecule has 1 aliphatic heterocycles. The molecule has 0 fully saturated rings. The summed E-state index contributed by atoms with van der Waals surface area (Å²) in [5.74, 6) is -2.94. The van der Waals surface area contributed by atoms with E-state index in [0.29, 0.717) is 12.8 Å². The van der Waals surface area contributed by atoms with Gasteiger partial charge in [-0.1, -0.05) is 44.2 Å². The van der Waals surface area contributed by atoms with Crippen LogP contribution in [0.15, 0.2) is 59.8 Å². The van der Waals surface area contributed by atoms with E-state index in [1.165, 1.54) is 32.4 Å². The summed E-state index contributed by atoms with van der Waals surface area (Å²) < 4.78 is 55.3. The summed E-state index contributed by atoms with van der Waals surface area (Å²) in [6.07, 6.45) is -4.46. The Morgan fingerprint density at radius 2 is 1.67 bits per heavy atom. The molecule has 1 N–H and O–H groups in total. The highest BCUT2D eigenvalue weighted by molar-refractivity contribution is 6.14. The molecule has 2 aromatic rings. The molecule has 2 aromatic carbocycles. The van der Waals surface area contributed by atoms with Crippen molar-refractivity contribution in [3.8, 4) is 11.5 Å². The topological polar surface area (TPSA) is 84.9 Å². The monoisotopic (exact) mass is 544 g/mol. The lowest BCUT2D eigenvalue weighted by molar-refractivity contribution is -0.190. The van der Waals surface area contributed by atoms with Gasteiger partial charge in [0.05, 0.1) is 19.8 Å². The Morgan fingerprint density at radius 1 is 1.00 bits per heavy atom. The second-order valence-electron chi connectivity index (χ2n) is 10.6. The number of ether oxygens (including phenoxy) is 2. The normalized spacial score (nSPS) is 20.6. The van der Waals surface area contributed by atoms with Gasteiger partial charge in [-0.25, -0.2) is 0 Å². The number of rotatable bonds is 8. The average Bonchev–Trinajstić information content (AvgIpc) is 3.11. The zero-order valence-corrected chi connectivity index (χ0v) is 22.3. The lowest BCUT2D eigenvalue weighted by atomic mass is 9.72. The molecule has 0 spiro atoms. The zero-order chi connectivity index (χ0) is 28.6. The predicted octanol–water partition coefficient (Wildman–Crippen LogP) is 4.85. The summed E-state index contributed by atoms with van der Waals surface area (Å²) in [7, 11) is 2.70. The minimum atomic E-state index is -5.28. The first kappa shape index (κ1) is 28.2. The number of benzene rings is 2. The first-order valence-electron chi connectivity index (χ1n) is 12.6. The minimum absolute atomic E-state index is 0.0271. The van der Waals surface area contributed by atoms with Gasteiger partial charge in [0.2, 0.25) is 5.54 Å². The maximum absolute atomic E-state index is 15.0. The molecule has 0 aromatic heterocycles. The van der Waals surface area contributed by atoms with Gasteiger partial charge in [-0.05, 0) is 48.4 Å². The lowest BCUT2D eigenvalue weighted by Crippen LogP contribution is -2.66. The number of ketones is 1. The average molecular weight is 545 g/mol. The number of hydrogen-bond donors (Lipinski definition) is 1. The summed E-state index contributed by atoms with van der Waals surface area (Å²) in [6, 6.07) is 13.2. The minimum Gasteiger partial charge on any atom is -0.493 e. The van der Waals surface area contributed by atoms with E-state index in [1.807, 2.05) is 35.6 Å². The van der Waals surface area contributed by atoms with Crippen LogP contribution in [0, 0.1) is 5.41 Å². The molecule has 39 heavy (non-hydrogen) atoms. The van der Waals surface area contributed by atoms with Crippen LogP contribution in [0.3, 0.4) is 0 Å². The molecule has 0 saturated carbocycles. The second-order valence-corrected chi connectivity index (χ2v) is 10.6. The standard InChI is InChI=1S/C29H31F3N2O5/c1-27(2)16-20-24(21(35)17-27)28(29(30,31)32,26(37)34(20)14-8-11-18-9-6-5-7-10-18)33-25(36)19-12-13-22(38-3)23(15-19)39-4/h5-7,9-10,12-13,15H,8,11,14,16-17H2,1-4H3,(H,33,36)/t28-/m1/s1. The summed E-state index contributed by atoms with van der Waals surface area (Å²) in [5, 5.41) is 1.95. The molecule has 2 amide bonds. The molecule has 10 heteroatoms. The molecule has 7 nitrogen and oxygen atoms in total. The molecule has 1 aliphatic carbocycles. The first-order chi connectivity index (χ1) is 18.3. The number of nitrogens with zero attached hydrogens (tertiary/aromatic N) is 1. The number of nitrogens with one attached hydrogen (secondary N) is 1. The molecule has 0 radical (unpaired) electrons. The fraction of sp³-hybridized carbons (Fsp3) is 0.414. The van der Waals surface area contributed by atoms with Crippen LogP contribution in [0.1, 0.15) is 49.0 Å². The van der Waals surface area contributed by atoms with Gasteiger partial charge in [0.15, 0.2) is 17.3 Å². The summed E-state index contributed by atoms with van der Waals surface area (Å²) in [5.41, 5.74) is -4.01. The maximum atomic E-state index is 15.0. The highest BCUT2D eigenvalue weighted by atomic mass is 19.4. The molecule has 0 unspecified atom stereocenters. The molecule has 0 bridgehead atoms. The van der Waals surface area contributed by atoms with Crippen LogP contribution >= 0.6 is 0 Å². The molecular weight excluding hydrogens is 513 g/mol. The number of alkyl halides is 3. The van der Waals surface area contributed by atoms with Crippen molar-refractivity contribution in [2.24, 2.45) is 5.41 Å². The number of carbonyl (C=O) groups is 3. The fourth-order valence-electron chi connectivity index (χ4n) is 5.37. The van der Waals surface area contributed by atoms with Crippen molar-refractivity contribution in [3.05, 3.63) is 70.9 Å². The van der Waals surface area contributed by atoms with E-state index in [2.05, 4.69) is 0 Å². The third-order valence-electron chi connectivity index (χ3n) is 7.18. The van der Waals surface area contributed by atoms with Crippen molar-refractivity contribution >= 4 is 17.6 Å². The number of carbonyl (C=O) groups excluding carboxylic acids is 3. The number of amides is 2. The van der Waals surface area contributed by atoms with Gasteiger partial charge < -0.3 is 19.7 Å². The van der Waals surface area contributed by atoms with Crippen molar-refractivity contribution < 1.29 is 37.0 Å². The van der Waals surface area contributed by atoms with Crippen LogP contribution in [0.2, 0.25) is 0 Å². The van der Waals surface area contributed by atoms with Crippen LogP contribution < -0.4 is 14.8 Å². The number of halogens is 3. The molecule has 1 heterocycles. The van der Waals surface area contributed by atoms with E-state index >= 15 is 13.2 Å². The highest BCUT2D eigenvalue weighted by Crippen LogP contribution is 2.51. The van der Waals surface area contributed by atoms with Crippen molar-refractivity contribution in [1.29, 1.82) is 0 Å². The predicted molar refractivity (Wildman–Crippen MR) is 137 cm³/mol.